The Morgan fingerprint density at radius 3 is 1.43 bits per heavy atom. The summed E-state index contributed by atoms with van der Waals surface area (Å²) in [6.45, 7) is 0. The van der Waals surface area contributed by atoms with E-state index < -0.39 is 34.8 Å². The molecule has 0 fully saturated rings. The van der Waals surface area contributed by atoms with Gasteiger partial charge in [-0.3, -0.25) is 0 Å². The van der Waals surface area contributed by atoms with Crippen molar-refractivity contribution in [2.45, 2.75) is 0 Å². The third-order valence-electron chi connectivity index (χ3n) is 1.29. The molecule has 0 bridgehead atoms. The molecule has 0 amide bonds. The molecular weight excluding hydrogens is 231 g/mol. The Bertz CT molecular complexity index is 341. The lowest BCUT2D eigenvalue weighted by molar-refractivity contribution is -0.0825. The van der Waals surface area contributed by atoms with Gasteiger partial charge in [-0.2, -0.15) is 8.78 Å². The second-order valence-electron chi connectivity index (χ2n) is 2.06. The minimum absolute atomic E-state index is 1.55. The van der Waals surface area contributed by atoms with Crippen molar-refractivity contribution in [1.29, 1.82) is 0 Å². The average Bonchev–Trinajstić information content (AvgIpc) is 2.19. The number of halogens is 5. The van der Waals surface area contributed by atoms with E-state index in [1.807, 2.05) is 0 Å². The van der Waals surface area contributed by atoms with E-state index in [1.54, 1.807) is 0 Å². The predicted molar refractivity (Wildman–Crippen MR) is 36.9 cm³/mol. The van der Waals surface area contributed by atoms with Gasteiger partial charge in [0, 0.05) is 12.9 Å². The van der Waals surface area contributed by atoms with Crippen LogP contribution in [0.3, 0.4) is 0 Å². The summed E-state index contributed by atoms with van der Waals surface area (Å²) >= 11 is 2.93. The molecule has 1 aromatic carbocycles. The van der Waals surface area contributed by atoms with Crippen molar-refractivity contribution in [2.24, 2.45) is 0 Å². The zero-order valence-corrected chi connectivity index (χ0v) is 7.05. The second-order valence-corrected chi connectivity index (χ2v) is 2.21. The Morgan fingerprint density at radius 1 is 0.714 bits per heavy atom. The Kier molecular flexibility index (Phi) is 3.17. The fourth-order valence-electron chi connectivity index (χ4n) is 0.695. The van der Waals surface area contributed by atoms with Crippen LogP contribution in [0.25, 0.3) is 0 Å². The van der Waals surface area contributed by atoms with E-state index in [1.165, 1.54) is 0 Å². The third kappa shape index (κ3) is 1.62. The van der Waals surface area contributed by atoms with Crippen LogP contribution in [0.2, 0.25) is 0 Å². The van der Waals surface area contributed by atoms with Gasteiger partial charge in [0.1, 0.15) is 0 Å². The summed E-state index contributed by atoms with van der Waals surface area (Å²) in [5.74, 6) is -12.3. The fraction of sp³-hybridized carbons (Fsp3) is 0. The summed E-state index contributed by atoms with van der Waals surface area (Å²) in [7, 11) is 0. The van der Waals surface area contributed by atoms with Crippen LogP contribution in [-0.4, -0.2) is 0 Å². The molecule has 8 heteroatoms. The minimum Gasteiger partial charge on any atom is -0.319 e. The van der Waals surface area contributed by atoms with Crippen molar-refractivity contribution in [2.75, 3.05) is 0 Å². The van der Waals surface area contributed by atoms with Crippen LogP contribution in [-0.2, 0) is 4.33 Å². The van der Waals surface area contributed by atoms with Crippen molar-refractivity contribution in [1.82, 2.24) is 0 Å². The van der Waals surface area contributed by atoms with Gasteiger partial charge in [-0.05, 0) is 0 Å². The van der Waals surface area contributed by atoms with Gasteiger partial charge in [0.2, 0.25) is 34.8 Å². The molecule has 0 saturated carbocycles. The molecule has 0 aliphatic rings. The quantitative estimate of drug-likeness (QED) is 0.161. The number of benzene rings is 1. The highest BCUT2D eigenvalue weighted by Crippen LogP contribution is 2.29. The highest BCUT2D eigenvalue weighted by molar-refractivity contribution is 7.74. The maximum absolute atomic E-state index is 12.6. The molecule has 0 heterocycles. The molecule has 14 heavy (non-hydrogen) atoms. The Hall–Kier alpha value is -1.02. The van der Waals surface area contributed by atoms with E-state index in [4.69, 9.17) is 0 Å². The first-order valence-electron chi connectivity index (χ1n) is 3.00. The van der Waals surface area contributed by atoms with E-state index in [0.29, 0.717) is 0 Å². The van der Waals surface area contributed by atoms with Gasteiger partial charge in [0.15, 0.2) is 0 Å². The van der Waals surface area contributed by atoms with Gasteiger partial charge in [-0.1, -0.05) is 0 Å². The van der Waals surface area contributed by atoms with Crippen molar-refractivity contribution < 1.29 is 31.2 Å². The van der Waals surface area contributed by atoms with Gasteiger partial charge in [0.05, 0.1) is 0 Å². The lowest BCUT2D eigenvalue weighted by Crippen LogP contribution is -2.04. The number of thiol groups is 1. The number of hydrogen-bond acceptors (Lipinski definition) is 3. The summed E-state index contributed by atoms with van der Waals surface area (Å²) in [5, 5.41) is 0. The smallest absolute Gasteiger partial charge is 0.244 e. The highest BCUT2D eigenvalue weighted by atomic mass is 32.1. The van der Waals surface area contributed by atoms with Crippen LogP contribution < -0.4 is 4.89 Å². The molecule has 0 radical (unpaired) electrons. The molecule has 0 atom stereocenters. The maximum atomic E-state index is 12.6. The minimum atomic E-state index is -2.27. The average molecular weight is 232 g/mol. The summed E-state index contributed by atoms with van der Waals surface area (Å²) in [6.07, 6.45) is 0. The van der Waals surface area contributed by atoms with Crippen LogP contribution in [0.15, 0.2) is 0 Å². The summed E-state index contributed by atoms with van der Waals surface area (Å²) < 4.78 is 66.0. The maximum Gasteiger partial charge on any atom is 0.244 e. The molecule has 2 nitrogen and oxygen atoms in total. The van der Waals surface area contributed by atoms with E-state index in [9.17, 15) is 22.0 Å². The zero-order valence-electron chi connectivity index (χ0n) is 6.15. The first-order valence-corrected chi connectivity index (χ1v) is 3.36. The molecule has 0 unspecified atom stereocenters. The SMILES string of the molecule is Fc1c(F)c(F)c(OOS)c(F)c1F. The van der Waals surface area contributed by atoms with Crippen molar-refractivity contribution in [3.05, 3.63) is 29.1 Å². The summed E-state index contributed by atoms with van der Waals surface area (Å²) in [4.78, 5) is 3.65. The van der Waals surface area contributed by atoms with Crippen molar-refractivity contribution in [3.8, 4) is 5.75 Å². The molecule has 1 aromatic rings. The molecule has 78 valence electrons. The number of rotatable bonds is 2. The molecule has 0 N–H and O–H groups in total. The van der Waals surface area contributed by atoms with Crippen LogP contribution in [0.5, 0.6) is 5.75 Å². The largest absolute Gasteiger partial charge is 0.319 e. The lowest BCUT2D eigenvalue weighted by atomic mass is 10.3. The van der Waals surface area contributed by atoms with Crippen LogP contribution in [0.4, 0.5) is 22.0 Å². The topological polar surface area (TPSA) is 18.5 Å². The van der Waals surface area contributed by atoms with Gasteiger partial charge in [-0.15, -0.1) is 4.33 Å². The molecule has 0 aliphatic heterocycles. The molecule has 0 spiro atoms. The van der Waals surface area contributed by atoms with Crippen LogP contribution in [0, 0.1) is 29.1 Å². The van der Waals surface area contributed by atoms with Gasteiger partial charge < -0.3 is 4.89 Å². The highest BCUT2D eigenvalue weighted by Gasteiger charge is 2.27. The first-order chi connectivity index (χ1) is 6.50. The third-order valence-corrected chi connectivity index (χ3v) is 1.36. The van der Waals surface area contributed by atoms with E-state index in [-0.39, 0.29) is 0 Å². The molecule has 1 rings (SSSR count). The van der Waals surface area contributed by atoms with E-state index in [2.05, 4.69) is 22.1 Å². The van der Waals surface area contributed by atoms with Gasteiger partial charge in [-0.25, -0.2) is 13.2 Å². The van der Waals surface area contributed by atoms with Crippen molar-refractivity contribution >= 4 is 12.9 Å². The summed E-state index contributed by atoms with van der Waals surface area (Å²) in [6, 6.07) is 0. The Labute approximate surface area is 79.8 Å². The molecule has 0 saturated heterocycles. The second kappa shape index (κ2) is 4.01. The zero-order chi connectivity index (χ0) is 10.9. The lowest BCUT2D eigenvalue weighted by Gasteiger charge is -2.05. The van der Waals surface area contributed by atoms with E-state index >= 15 is 0 Å². The van der Waals surface area contributed by atoms with Gasteiger partial charge in [0.25, 0.3) is 0 Å². The van der Waals surface area contributed by atoms with Crippen molar-refractivity contribution in [3.63, 3.8) is 0 Å². The first kappa shape index (κ1) is 11.1. The van der Waals surface area contributed by atoms with E-state index in [0.717, 1.165) is 0 Å². The standard InChI is InChI=1S/C6HF5O2S/c7-1-2(8)4(10)6(12-13-14)5(11)3(1)9/h14H. The van der Waals surface area contributed by atoms with Crippen LogP contribution >= 0.6 is 12.9 Å². The fourth-order valence-corrected chi connectivity index (χ4v) is 0.770. The summed E-state index contributed by atoms with van der Waals surface area (Å²) in [5.41, 5.74) is 0. The Balaban J connectivity index is 3.43. The molecule has 0 aromatic heterocycles. The van der Waals surface area contributed by atoms with Crippen LogP contribution in [0.1, 0.15) is 0 Å². The normalized spacial score (nSPS) is 10.4. The monoisotopic (exact) mass is 232 g/mol. The molecule has 0 aliphatic carbocycles. The number of hydrogen-bond donors (Lipinski definition) is 1. The Morgan fingerprint density at radius 2 is 1.07 bits per heavy atom. The molecular formula is C6HF5O2S. The van der Waals surface area contributed by atoms with Gasteiger partial charge >= 0.3 is 0 Å². The predicted octanol–water partition coefficient (Wildman–Crippen LogP) is 2.54.